The van der Waals surface area contributed by atoms with Crippen molar-refractivity contribution in [3.63, 3.8) is 0 Å². The highest BCUT2D eigenvalue weighted by Crippen LogP contribution is 2.09. The van der Waals surface area contributed by atoms with Crippen LogP contribution in [0.4, 0.5) is 10.5 Å². The molecule has 3 rings (SSSR count). The first kappa shape index (κ1) is 21.3. The molecule has 0 unspecified atom stereocenters. The number of rotatable bonds is 5. The van der Waals surface area contributed by atoms with Crippen LogP contribution in [0.25, 0.3) is 0 Å². The van der Waals surface area contributed by atoms with E-state index in [0.29, 0.717) is 26.2 Å². The van der Waals surface area contributed by atoms with Crippen molar-refractivity contribution in [3.05, 3.63) is 56.7 Å². The maximum atomic E-state index is 12.3. The molecule has 160 valence electrons. The fraction of sp³-hybridized carbons (Fsp3) is 0.400. The van der Waals surface area contributed by atoms with Crippen LogP contribution in [0.3, 0.4) is 0 Å². The standard InChI is InChI=1S/C20H26N6O4/c1-23-17(27)16(18(28)24(2)20(23)30)14-21-8-9-25-10-12-26(13-11-25)19(29)22-15-6-4-3-5-7-15/h3-7,14,27H,8-13H2,1-2H3,(H,22,29). The number of hydrogen-bond acceptors (Lipinski definition) is 6. The zero-order chi connectivity index (χ0) is 21.7. The Hall–Kier alpha value is -3.40. The number of anilines is 1. The predicted octanol–water partition coefficient (Wildman–Crippen LogP) is 0.0582. The van der Waals surface area contributed by atoms with Gasteiger partial charge in [0.1, 0.15) is 5.56 Å². The third-order valence-corrected chi connectivity index (χ3v) is 5.12. The number of benzene rings is 1. The van der Waals surface area contributed by atoms with Crippen LogP contribution in [-0.2, 0) is 14.1 Å². The van der Waals surface area contributed by atoms with Gasteiger partial charge < -0.3 is 15.3 Å². The third-order valence-electron chi connectivity index (χ3n) is 5.12. The molecule has 1 saturated heterocycles. The Balaban J connectivity index is 1.48. The van der Waals surface area contributed by atoms with Gasteiger partial charge >= 0.3 is 11.7 Å². The molecule has 2 heterocycles. The molecule has 0 bridgehead atoms. The van der Waals surface area contributed by atoms with Gasteiger partial charge in [-0.25, -0.2) is 9.59 Å². The first-order chi connectivity index (χ1) is 14.4. The SMILES string of the molecule is Cn1c(O)c(C=NCCN2CCN(C(=O)Nc3ccccc3)CC2)c(=O)n(C)c1=O. The molecule has 0 atom stereocenters. The first-order valence-corrected chi connectivity index (χ1v) is 9.70. The molecule has 1 aromatic heterocycles. The summed E-state index contributed by atoms with van der Waals surface area (Å²) in [6.07, 6.45) is 1.31. The quantitative estimate of drug-likeness (QED) is 0.672. The lowest BCUT2D eigenvalue weighted by molar-refractivity contribution is 0.150. The minimum absolute atomic E-state index is 0.0120. The van der Waals surface area contributed by atoms with Crippen molar-refractivity contribution >= 4 is 17.9 Å². The van der Waals surface area contributed by atoms with Crippen LogP contribution >= 0.6 is 0 Å². The molecule has 0 spiro atoms. The fourth-order valence-corrected chi connectivity index (χ4v) is 3.23. The van der Waals surface area contributed by atoms with E-state index >= 15 is 0 Å². The molecule has 2 aromatic rings. The number of amides is 2. The summed E-state index contributed by atoms with van der Waals surface area (Å²) in [6.45, 7) is 3.78. The third kappa shape index (κ3) is 4.77. The van der Waals surface area contributed by atoms with Crippen LogP contribution in [0.1, 0.15) is 5.56 Å². The Morgan fingerprint density at radius 1 is 1.10 bits per heavy atom. The summed E-state index contributed by atoms with van der Waals surface area (Å²) in [6, 6.07) is 9.23. The van der Waals surface area contributed by atoms with Crippen LogP contribution in [0.15, 0.2) is 44.9 Å². The number of nitrogens with one attached hydrogen (secondary N) is 1. The zero-order valence-corrected chi connectivity index (χ0v) is 17.1. The lowest BCUT2D eigenvalue weighted by Crippen LogP contribution is -2.50. The van der Waals surface area contributed by atoms with Crippen molar-refractivity contribution in [1.29, 1.82) is 0 Å². The maximum Gasteiger partial charge on any atom is 0.333 e. The Labute approximate surface area is 173 Å². The molecule has 10 heteroatoms. The second-order valence-corrected chi connectivity index (χ2v) is 7.10. The van der Waals surface area contributed by atoms with E-state index in [2.05, 4.69) is 15.2 Å². The molecule has 30 heavy (non-hydrogen) atoms. The van der Waals surface area contributed by atoms with Crippen LogP contribution in [0.5, 0.6) is 5.88 Å². The summed E-state index contributed by atoms with van der Waals surface area (Å²) in [5.74, 6) is -0.398. The minimum Gasteiger partial charge on any atom is -0.494 e. The lowest BCUT2D eigenvalue weighted by Gasteiger charge is -2.34. The van der Waals surface area contributed by atoms with Gasteiger partial charge in [0.05, 0.1) is 6.54 Å². The maximum absolute atomic E-state index is 12.3. The average molecular weight is 414 g/mol. The highest BCUT2D eigenvalue weighted by molar-refractivity contribution is 5.89. The topological polar surface area (TPSA) is 112 Å². The van der Waals surface area contributed by atoms with Gasteiger partial charge in [-0.15, -0.1) is 0 Å². The van der Waals surface area contributed by atoms with Crippen LogP contribution < -0.4 is 16.6 Å². The summed E-state index contributed by atoms with van der Waals surface area (Å²) in [5, 5.41) is 12.9. The molecule has 0 saturated carbocycles. The van der Waals surface area contributed by atoms with Crippen molar-refractivity contribution in [2.24, 2.45) is 19.1 Å². The van der Waals surface area contributed by atoms with Gasteiger partial charge in [-0.05, 0) is 12.1 Å². The fourth-order valence-electron chi connectivity index (χ4n) is 3.23. The van der Waals surface area contributed by atoms with Crippen molar-refractivity contribution in [1.82, 2.24) is 18.9 Å². The summed E-state index contributed by atoms with van der Waals surface area (Å²) in [7, 11) is 2.75. The number of carbonyl (C=O) groups excluding carboxylic acids is 1. The second kappa shape index (κ2) is 9.40. The van der Waals surface area contributed by atoms with Gasteiger partial charge in [-0.3, -0.25) is 23.8 Å². The van der Waals surface area contributed by atoms with E-state index in [1.165, 1.54) is 20.3 Å². The molecule has 2 N–H and O–H groups in total. The number of nitrogens with zero attached hydrogens (tertiary/aromatic N) is 5. The minimum atomic E-state index is -0.594. The predicted molar refractivity (Wildman–Crippen MR) is 115 cm³/mol. The van der Waals surface area contributed by atoms with Gasteiger partial charge in [0.25, 0.3) is 5.56 Å². The average Bonchev–Trinajstić information content (AvgIpc) is 2.77. The number of hydrogen-bond donors (Lipinski definition) is 2. The molecule has 2 amide bonds. The molecule has 0 aliphatic carbocycles. The number of urea groups is 1. The number of aromatic nitrogens is 2. The number of aromatic hydroxyl groups is 1. The Morgan fingerprint density at radius 2 is 1.77 bits per heavy atom. The van der Waals surface area contributed by atoms with E-state index in [9.17, 15) is 19.5 Å². The van der Waals surface area contributed by atoms with Crippen LogP contribution in [0, 0.1) is 0 Å². The Morgan fingerprint density at radius 3 is 2.43 bits per heavy atom. The Kier molecular flexibility index (Phi) is 6.68. The highest BCUT2D eigenvalue weighted by atomic mass is 16.3. The van der Waals surface area contributed by atoms with E-state index in [4.69, 9.17) is 0 Å². The van der Waals surface area contributed by atoms with Crippen LogP contribution in [-0.4, -0.2) is 75.6 Å². The molecular formula is C20H26N6O4. The van der Waals surface area contributed by atoms with E-state index < -0.39 is 17.1 Å². The van der Waals surface area contributed by atoms with E-state index in [0.717, 1.165) is 27.9 Å². The van der Waals surface area contributed by atoms with E-state index in [-0.39, 0.29) is 11.6 Å². The van der Waals surface area contributed by atoms with E-state index in [1.54, 1.807) is 4.90 Å². The first-order valence-electron chi connectivity index (χ1n) is 9.70. The largest absolute Gasteiger partial charge is 0.494 e. The normalized spacial score (nSPS) is 14.9. The molecule has 1 aliphatic rings. The van der Waals surface area contributed by atoms with Crippen molar-refractivity contribution in [2.75, 3.05) is 44.6 Å². The summed E-state index contributed by atoms with van der Waals surface area (Å²) in [5.41, 5.74) is -0.421. The monoisotopic (exact) mass is 414 g/mol. The summed E-state index contributed by atoms with van der Waals surface area (Å²) in [4.78, 5) is 44.4. The van der Waals surface area contributed by atoms with Crippen molar-refractivity contribution in [2.45, 2.75) is 0 Å². The molecular weight excluding hydrogens is 388 g/mol. The molecule has 10 nitrogen and oxygen atoms in total. The lowest BCUT2D eigenvalue weighted by atomic mass is 10.3. The smallest absolute Gasteiger partial charge is 0.333 e. The summed E-state index contributed by atoms with van der Waals surface area (Å²) >= 11 is 0. The molecule has 1 fully saturated rings. The van der Waals surface area contributed by atoms with Crippen molar-refractivity contribution in [3.8, 4) is 5.88 Å². The molecule has 1 aliphatic heterocycles. The van der Waals surface area contributed by atoms with Gasteiger partial charge in [0.2, 0.25) is 5.88 Å². The number of para-hydroxylation sites is 1. The van der Waals surface area contributed by atoms with Gasteiger partial charge in [0, 0.05) is 58.7 Å². The van der Waals surface area contributed by atoms with Gasteiger partial charge in [-0.1, -0.05) is 18.2 Å². The zero-order valence-electron chi connectivity index (χ0n) is 17.1. The van der Waals surface area contributed by atoms with Gasteiger partial charge in [0.15, 0.2) is 0 Å². The van der Waals surface area contributed by atoms with Crippen LogP contribution in [0.2, 0.25) is 0 Å². The number of aliphatic imine (C=N–C) groups is 1. The van der Waals surface area contributed by atoms with Crippen molar-refractivity contribution < 1.29 is 9.90 Å². The molecule has 1 aromatic carbocycles. The van der Waals surface area contributed by atoms with Gasteiger partial charge in [-0.2, -0.15) is 0 Å². The highest BCUT2D eigenvalue weighted by Gasteiger charge is 2.20. The summed E-state index contributed by atoms with van der Waals surface area (Å²) < 4.78 is 1.93. The second-order valence-electron chi connectivity index (χ2n) is 7.10. The number of piperazine rings is 1. The van der Waals surface area contributed by atoms with E-state index in [1.807, 2.05) is 30.3 Å². The molecule has 0 radical (unpaired) electrons. The Bertz CT molecular complexity index is 1040. The number of carbonyl (C=O) groups is 1.